The van der Waals surface area contributed by atoms with Crippen molar-refractivity contribution in [3.05, 3.63) is 0 Å². The van der Waals surface area contributed by atoms with Gasteiger partial charge in [0.1, 0.15) is 19.6 Å². The van der Waals surface area contributed by atoms with E-state index < -0.39 is 23.7 Å². The summed E-state index contributed by atoms with van der Waals surface area (Å²) in [6.45, 7) is 0.964. The van der Waals surface area contributed by atoms with E-state index in [1.165, 1.54) is 0 Å². The van der Waals surface area contributed by atoms with Crippen molar-refractivity contribution in [2.45, 2.75) is 24.7 Å². The molecule has 1 fully saturated rings. The highest BCUT2D eigenvalue weighted by atomic mass is 19.1. The van der Waals surface area contributed by atoms with Gasteiger partial charge in [0, 0.05) is 5.92 Å². The molecule has 0 spiro atoms. The molecule has 0 aromatic rings. The molecule has 12 heavy (non-hydrogen) atoms. The number of aliphatic hydroxyl groups excluding tert-OH is 2. The first-order valence-electron chi connectivity index (χ1n) is 4.11. The molecule has 0 aromatic heterocycles. The third kappa shape index (κ3) is 1.26. The Hall–Kier alpha value is -0.125. The number of alkyl halides is 1. The maximum Gasteiger partial charge on any atom is 0.143 e. The lowest BCUT2D eigenvalue weighted by molar-refractivity contribution is -0.0991. The van der Waals surface area contributed by atoms with Gasteiger partial charge in [0.05, 0.1) is 19.2 Å². The van der Waals surface area contributed by atoms with Gasteiger partial charge in [-0.05, 0) is 0 Å². The van der Waals surface area contributed by atoms with E-state index in [-0.39, 0.29) is 13.2 Å². The summed E-state index contributed by atoms with van der Waals surface area (Å²) in [5.41, 5.74) is -1.08. The van der Waals surface area contributed by atoms with Crippen LogP contribution in [0.5, 0.6) is 0 Å². The SMILES string of the molecule is B[C@@H]1OC(CO)(CO)[C@H](C)C1F. The summed E-state index contributed by atoms with van der Waals surface area (Å²) >= 11 is 0. The fourth-order valence-corrected chi connectivity index (χ4v) is 1.65. The van der Waals surface area contributed by atoms with Crippen LogP contribution in [0.25, 0.3) is 0 Å². The van der Waals surface area contributed by atoms with Gasteiger partial charge in [0.15, 0.2) is 0 Å². The Morgan fingerprint density at radius 3 is 2.17 bits per heavy atom. The molecule has 5 heteroatoms. The van der Waals surface area contributed by atoms with Crippen LogP contribution in [-0.4, -0.2) is 49.0 Å². The molecule has 1 unspecified atom stereocenters. The largest absolute Gasteiger partial charge is 0.393 e. The van der Waals surface area contributed by atoms with Gasteiger partial charge >= 0.3 is 0 Å². The van der Waals surface area contributed by atoms with E-state index in [9.17, 15) is 4.39 Å². The molecule has 0 radical (unpaired) electrons. The van der Waals surface area contributed by atoms with Crippen LogP contribution in [0.1, 0.15) is 6.92 Å². The van der Waals surface area contributed by atoms with Gasteiger partial charge in [-0.1, -0.05) is 6.92 Å². The van der Waals surface area contributed by atoms with Crippen molar-refractivity contribution >= 4 is 7.85 Å². The fourth-order valence-electron chi connectivity index (χ4n) is 1.65. The topological polar surface area (TPSA) is 49.7 Å². The quantitative estimate of drug-likeness (QED) is 0.512. The summed E-state index contributed by atoms with van der Waals surface area (Å²) in [6, 6.07) is -0.542. The van der Waals surface area contributed by atoms with Crippen LogP contribution in [0.3, 0.4) is 0 Å². The Labute approximate surface area is 71.9 Å². The lowest BCUT2D eigenvalue weighted by Gasteiger charge is -2.28. The van der Waals surface area contributed by atoms with Gasteiger partial charge in [-0.2, -0.15) is 0 Å². The average molecular weight is 176 g/mol. The summed E-state index contributed by atoms with van der Waals surface area (Å²) in [4.78, 5) is 0. The Morgan fingerprint density at radius 2 is 2.00 bits per heavy atom. The van der Waals surface area contributed by atoms with Gasteiger partial charge in [-0.3, -0.25) is 0 Å². The molecule has 70 valence electrons. The minimum absolute atomic E-state index is 0.338. The van der Waals surface area contributed by atoms with E-state index in [0.29, 0.717) is 0 Å². The van der Waals surface area contributed by atoms with Gasteiger partial charge in [0.2, 0.25) is 0 Å². The van der Waals surface area contributed by atoms with E-state index >= 15 is 0 Å². The molecule has 0 aliphatic carbocycles. The molecule has 3 atom stereocenters. The van der Waals surface area contributed by atoms with Crippen LogP contribution in [0.15, 0.2) is 0 Å². The predicted octanol–water partition coefficient (Wildman–Crippen LogP) is -1.33. The number of rotatable bonds is 2. The predicted molar refractivity (Wildman–Crippen MR) is 44.4 cm³/mol. The minimum Gasteiger partial charge on any atom is -0.393 e. The number of halogens is 1. The van der Waals surface area contributed by atoms with Gasteiger partial charge in [-0.25, -0.2) is 4.39 Å². The van der Waals surface area contributed by atoms with Crippen LogP contribution in [0, 0.1) is 5.92 Å². The minimum atomic E-state index is -1.11. The van der Waals surface area contributed by atoms with Crippen molar-refractivity contribution in [2.75, 3.05) is 13.2 Å². The summed E-state index contributed by atoms with van der Waals surface area (Å²) in [6.07, 6.45) is -1.11. The van der Waals surface area contributed by atoms with E-state index in [1.807, 2.05) is 0 Å². The molecule has 3 nitrogen and oxygen atoms in total. The molecular weight excluding hydrogens is 162 g/mol. The zero-order valence-corrected chi connectivity index (χ0v) is 7.33. The second kappa shape index (κ2) is 3.32. The maximum atomic E-state index is 13.2. The Bertz CT molecular complexity index is 163. The second-order valence-corrected chi connectivity index (χ2v) is 3.44. The van der Waals surface area contributed by atoms with Crippen LogP contribution in [-0.2, 0) is 4.74 Å². The average Bonchev–Trinajstić information content (AvgIpc) is 2.30. The van der Waals surface area contributed by atoms with Crippen molar-refractivity contribution < 1.29 is 19.3 Å². The molecule has 1 rings (SSSR count). The van der Waals surface area contributed by atoms with Crippen LogP contribution >= 0.6 is 0 Å². The third-order valence-electron chi connectivity index (χ3n) is 2.71. The third-order valence-corrected chi connectivity index (χ3v) is 2.71. The van der Waals surface area contributed by atoms with Gasteiger partial charge in [-0.15, -0.1) is 0 Å². The molecule has 0 aromatic carbocycles. The first-order valence-corrected chi connectivity index (χ1v) is 4.11. The fraction of sp³-hybridized carbons (Fsp3) is 1.00. The first kappa shape index (κ1) is 9.96. The van der Waals surface area contributed by atoms with Crippen molar-refractivity contribution in [1.29, 1.82) is 0 Å². The lowest BCUT2D eigenvalue weighted by atomic mass is 9.84. The highest BCUT2D eigenvalue weighted by Crippen LogP contribution is 2.36. The number of hydrogen-bond acceptors (Lipinski definition) is 3. The highest BCUT2D eigenvalue weighted by Gasteiger charge is 2.50. The standard InChI is InChI=1S/C7H14BFO3/c1-4-5(9)6(8)12-7(4,2-10)3-11/h4-6,10-11H,2-3,8H2,1H3/t4-,5?,6-/m1/s1. The first-order chi connectivity index (χ1) is 5.57. The molecule has 1 aliphatic rings. The Kier molecular flexibility index (Phi) is 2.75. The van der Waals surface area contributed by atoms with Gasteiger partial charge in [0.25, 0.3) is 0 Å². The van der Waals surface area contributed by atoms with E-state index in [2.05, 4.69) is 0 Å². The zero-order valence-electron chi connectivity index (χ0n) is 7.33. The highest BCUT2D eigenvalue weighted by molar-refractivity contribution is 6.11. The number of ether oxygens (including phenoxy) is 1. The van der Waals surface area contributed by atoms with Crippen LogP contribution in [0.4, 0.5) is 4.39 Å². The van der Waals surface area contributed by atoms with Crippen LogP contribution in [0.2, 0.25) is 0 Å². The molecule has 1 saturated heterocycles. The van der Waals surface area contributed by atoms with Crippen molar-refractivity contribution in [3.8, 4) is 0 Å². The summed E-state index contributed by atoms with van der Waals surface area (Å²) in [5, 5.41) is 17.9. The van der Waals surface area contributed by atoms with Gasteiger partial charge < -0.3 is 14.9 Å². The number of aliphatic hydroxyl groups is 2. The monoisotopic (exact) mass is 176 g/mol. The normalized spacial score (nSPS) is 40.2. The maximum absolute atomic E-state index is 13.2. The molecule has 2 N–H and O–H groups in total. The smallest absolute Gasteiger partial charge is 0.143 e. The molecular formula is C7H14BFO3. The summed E-state index contributed by atoms with van der Waals surface area (Å²) in [5.74, 6) is -0.456. The van der Waals surface area contributed by atoms with Crippen LogP contribution < -0.4 is 0 Å². The summed E-state index contributed by atoms with van der Waals surface area (Å²) in [7, 11) is 1.61. The van der Waals surface area contributed by atoms with Crippen molar-refractivity contribution in [3.63, 3.8) is 0 Å². The Balaban J connectivity index is 2.79. The molecule has 1 aliphatic heterocycles. The molecule has 0 bridgehead atoms. The van der Waals surface area contributed by atoms with E-state index in [1.54, 1.807) is 14.8 Å². The number of hydrogen-bond donors (Lipinski definition) is 2. The van der Waals surface area contributed by atoms with E-state index in [0.717, 1.165) is 0 Å². The second-order valence-electron chi connectivity index (χ2n) is 3.44. The van der Waals surface area contributed by atoms with Crippen molar-refractivity contribution in [1.82, 2.24) is 0 Å². The van der Waals surface area contributed by atoms with Crippen molar-refractivity contribution in [2.24, 2.45) is 5.92 Å². The molecule has 0 saturated carbocycles. The zero-order chi connectivity index (χ0) is 9.35. The van der Waals surface area contributed by atoms with E-state index in [4.69, 9.17) is 14.9 Å². The summed E-state index contributed by atoms with van der Waals surface area (Å²) < 4.78 is 18.4. The Morgan fingerprint density at radius 1 is 1.50 bits per heavy atom. The molecule has 0 amide bonds. The molecule has 1 heterocycles. The lowest BCUT2D eigenvalue weighted by Crippen LogP contribution is -2.43.